The lowest BCUT2D eigenvalue weighted by molar-refractivity contribution is -0.127. The minimum atomic E-state index is -0.855. The molecule has 1 aromatic carbocycles. The summed E-state index contributed by atoms with van der Waals surface area (Å²) in [6, 6.07) is 5.76. The molecule has 2 amide bonds. The molecule has 1 unspecified atom stereocenters. The number of rotatable bonds is 4. The Balaban J connectivity index is 2.15. The smallest absolute Gasteiger partial charge is 0.411 e. The summed E-state index contributed by atoms with van der Waals surface area (Å²) in [5.74, 6) is -0.439. The van der Waals surface area contributed by atoms with Crippen molar-refractivity contribution < 1.29 is 24.5 Å². The SMILES string of the molecule is C[C@H](O)C(NC(=O)[C@@H]1C[C@@H](O)CN1C(=O)OC(C)(C)C)c1ccc(Br)cc1. The van der Waals surface area contributed by atoms with E-state index in [-0.39, 0.29) is 13.0 Å². The molecule has 8 heteroatoms. The van der Waals surface area contributed by atoms with Crippen LogP contribution in [0, 0.1) is 0 Å². The first kappa shape index (κ1) is 21.7. The number of carbonyl (C=O) groups excluding carboxylic acids is 2. The number of aliphatic hydroxyl groups excluding tert-OH is 2. The van der Waals surface area contributed by atoms with Gasteiger partial charge in [-0.05, 0) is 45.4 Å². The molecule has 0 aromatic heterocycles. The predicted octanol–water partition coefficient (Wildman–Crippen LogP) is 2.36. The second-order valence-corrected chi connectivity index (χ2v) is 8.73. The van der Waals surface area contributed by atoms with E-state index in [9.17, 15) is 19.8 Å². The maximum absolute atomic E-state index is 12.8. The third-order valence-corrected chi connectivity index (χ3v) is 4.75. The highest BCUT2D eigenvalue weighted by atomic mass is 79.9. The zero-order chi connectivity index (χ0) is 20.4. The van der Waals surface area contributed by atoms with Crippen LogP contribution in [-0.4, -0.2) is 57.5 Å². The fourth-order valence-corrected chi connectivity index (χ4v) is 3.25. The molecule has 27 heavy (non-hydrogen) atoms. The number of nitrogens with zero attached hydrogens (tertiary/aromatic N) is 1. The number of ether oxygens (including phenoxy) is 1. The Labute approximate surface area is 167 Å². The first-order chi connectivity index (χ1) is 12.5. The number of amides is 2. The molecular weight excluding hydrogens is 416 g/mol. The summed E-state index contributed by atoms with van der Waals surface area (Å²) in [5.41, 5.74) is 0.0366. The van der Waals surface area contributed by atoms with Gasteiger partial charge in [-0.25, -0.2) is 4.79 Å². The third kappa shape index (κ3) is 5.92. The minimum absolute atomic E-state index is 0.0324. The van der Waals surface area contributed by atoms with E-state index in [2.05, 4.69) is 21.2 Å². The van der Waals surface area contributed by atoms with Gasteiger partial charge in [0.05, 0.1) is 24.8 Å². The van der Waals surface area contributed by atoms with Crippen LogP contribution in [0.1, 0.15) is 45.7 Å². The molecular formula is C19H27BrN2O5. The van der Waals surface area contributed by atoms with Crippen LogP contribution in [0.5, 0.6) is 0 Å². The fraction of sp³-hybridized carbons (Fsp3) is 0.579. The van der Waals surface area contributed by atoms with Gasteiger partial charge in [-0.15, -0.1) is 0 Å². The van der Waals surface area contributed by atoms with E-state index in [0.717, 1.165) is 10.0 Å². The molecule has 1 heterocycles. The van der Waals surface area contributed by atoms with Crippen LogP contribution in [0.15, 0.2) is 28.7 Å². The standard InChI is InChI=1S/C19H27BrN2O5/c1-11(23)16(12-5-7-13(20)8-6-12)21-17(25)15-9-14(24)10-22(15)18(26)27-19(2,3)4/h5-8,11,14-16,23-24H,9-10H2,1-4H3,(H,21,25)/t11-,14+,15-,16?/m0/s1. The topological polar surface area (TPSA) is 99.1 Å². The molecule has 0 saturated carbocycles. The van der Waals surface area contributed by atoms with Crippen molar-refractivity contribution >= 4 is 27.9 Å². The van der Waals surface area contributed by atoms with Crippen LogP contribution < -0.4 is 5.32 Å². The lowest BCUT2D eigenvalue weighted by Crippen LogP contribution is -2.49. The van der Waals surface area contributed by atoms with Crippen molar-refractivity contribution in [2.24, 2.45) is 0 Å². The van der Waals surface area contributed by atoms with Crippen molar-refractivity contribution in [3.05, 3.63) is 34.3 Å². The van der Waals surface area contributed by atoms with E-state index in [1.54, 1.807) is 39.8 Å². The maximum Gasteiger partial charge on any atom is 0.411 e. The summed E-state index contributed by atoms with van der Waals surface area (Å²) in [6.45, 7) is 6.84. The molecule has 1 aliphatic heterocycles. The maximum atomic E-state index is 12.8. The Hall–Kier alpha value is -1.64. The zero-order valence-corrected chi connectivity index (χ0v) is 17.6. The summed E-state index contributed by atoms with van der Waals surface area (Å²) in [6.07, 6.45) is -2.16. The van der Waals surface area contributed by atoms with Crippen molar-refractivity contribution in [1.29, 1.82) is 0 Å². The Morgan fingerprint density at radius 3 is 2.41 bits per heavy atom. The van der Waals surface area contributed by atoms with Crippen molar-refractivity contribution in [3.63, 3.8) is 0 Å². The Bertz CT molecular complexity index is 672. The van der Waals surface area contributed by atoms with Gasteiger partial charge in [-0.3, -0.25) is 9.69 Å². The molecule has 2 rings (SSSR count). The van der Waals surface area contributed by atoms with Gasteiger partial charge in [0.2, 0.25) is 5.91 Å². The molecule has 7 nitrogen and oxygen atoms in total. The van der Waals surface area contributed by atoms with E-state index in [1.807, 2.05) is 12.1 Å². The molecule has 150 valence electrons. The first-order valence-electron chi connectivity index (χ1n) is 8.89. The van der Waals surface area contributed by atoms with E-state index >= 15 is 0 Å². The molecule has 1 saturated heterocycles. The Morgan fingerprint density at radius 2 is 1.89 bits per heavy atom. The average molecular weight is 443 g/mol. The largest absolute Gasteiger partial charge is 0.444 e. The zero-order valence-electron chi connectivity index (χ0n) is 16.0. The number of benzene rings is 1. The second kappa shape index (κ2) is 8.58. The van der Waals surface area contributed by atoms with Crippen LogP contribution in [0.25, 0.3) is 0 Å². The molecule has 3 N–H and O–H groups in total. The quantitative estimate of drug-likeness (QED) is 0.664. The average Bonchev–Trinajstić information content (AvgIpc) is 2.94. The lowest BCUT2D eigenvalue weighted by atomic mass is 10.0. The highest BCUT2D eigenvalue weighted by Crippen LogP contribution is 2.24. The molecule has 1 aromatic rings. The van der Waals surface area contributed by atoms with E-state index < -0.39 is 41.9 Å². The molecule has 0 bridgehead atoms. The Kier molecular flexibility index (Phi) is 6.88. The van der Waals surface area contributed by atoms with Gasteiger partial charge in [-0.2, -0.15) is 0 Å². The van der Waals surface area contributed by atoms with Crippen molar-refractivity contribution in [2.45, 2.75) is 64.0 Å². The number of carbonyl (C=O) groups is 2. The fourth-order valence-electron chi connectivity index (χ4n) is 2.99. The number of likely N-dealkylation sites (tertiary alicyclic amines) is 1. The van der Waals surface area contributed by atoms with Gasteiger partial charge in [0.25, 0.3) is 0 Å². The number of aliphatic hydroxyl groups is 2. The molecule has 0 aliphatic carbocycles. The van der Waals surface area contributed by atoms with Gasteiger partial charge < -0.3 is 20.3 Å². The van der Waals surface area contributed by atoms with Crippen molar-refractivity contribution in [3.8, 4) is 0 Å². The van der Waals surface area contributed by atoms with Gasteiger partial charge >= 0.3 is 6.09 Å². The molecule has 1 fully saturated rings. The molecule has 4 atom stereocenters. The van der Waals surface area contributed by atoms with Crippen LogP contribution in [-0.2, 0) is 9.53 Å². The first-order valence-corrected chi connectivity index (χ1v) is 9.69. The van der Waals surface area contributed by atoms with Crippen LogP contribution in [0.3, 0.4) is 0 Å². The molecule has 0 radical (unpaired) electrons. The predicted molar refractivity (Wildman–Crippen MR) is 104 cm³/mol. The van der Waals surface area contributed by atoms with Crippen LogP contribution >= 0.6 is 15.9 Å². The number of hydrogen-bond donors (Lipinski definition) is 3. The second-order valence-electron chi connectivity index (χ2n) is 7.82. The molecule has 0 spiro atoms. The van der Waals surface area contributed by atoms with Gasteiger partial charge in [-0.1, -0.05) is 28.1 Å². The highest BCUT2D eigenvalue weighted by Gasteiger charge is 2.41. The van der Waals surface area contributed by atoms with Crippen molar-refractivity contribution in [1.82, 2.24) is 10.2 Å². The summed E-state index contributed by atoms with van der Waals surface area (Å²) >= 11 is 3.35. The number of halogens is 1. The summed E-state index contributed by atoms with van der Waals surface area (Å²) in [7, 11) is 0. The highest BCUT2D eigenvalue weighted by molar-refractivity contribution is 9.10. The van der Waals surface area contributed by atoms with E-state index in [1.165, 1.54) is 4.90 Å². The summed E-state index contributed by atoms with van der Waals surface area (Å²) in [4.78, 5) is 26.5. The number of β-amino-alcohol motifs (C(OH)–C–C–N with tert-alkyl or cyclic N) is 1. The summed E-state index contributed by atoms with van der Waals surface area (Å²) < 4.78 is 6.23. The lowest BCUT2D eigenvalue weighted by Gasteiger charge is -2.29. The van der Waals surface area contributed by atoms with Gasteiger partial charge in [0, 0.05) is 10.9 Å². The molecule has 1 aliphatic rings. The Morgan fingerprint density at radius 1 is 1.30 bits per heavy atom. The third-order valence-electron chi connectivity index (χ3n) is 4.22. The minimum Gasteiger partial charge on any atom is -0.444 e. The van der Waals surface area contributed by atoms with Gasteiger partial charge in [0.15, 0.2) is 0 Å². The van der Waals surface area contributed by atoms with Crippen LogP contribution in [0.4, 0.5) is 4.79 Å². The van der Waals surface area contributed by atoms with E-state index in [4.69, 9.17) is 4.74 Å². The normalized spacial score (nSPS) is 22.3. The van der Waals surface area contributed by atoms with Crippen molar-refractivity contribution in [2.75, 3.05) is 6.54 Å². The van der Waals surface area contributed by atoms with Gasteiger partial charge in [0.1, 0.15) is 11.6 Å². The monoisotopic (exact) mass is 442 g/mol. The number of hydrogen-bond acceptors (Lipinski definition) is 5. The summed E-state index contributed by atoms with van der Waals surface area (Å²) in [5, 5.41) is 22.9. The van der Waals surface area contributed by atoms with Crippen LogP contribution in [0.2, 0.25) is 0 Å². The number of nitrogens with one attached hydrogen (secondary N) is 1. The van der Waals surface area contributed by atoms with E-state index in [0.29, 0.717) is 0 Å².